The Hall–Kier alpha value is -1.14. The van der Waals surface area contributed by atoms with E-state index in [1.165, 1.54) is 0 Å². The zero-order valence-corrected chi connectivity index (χ0v) is 11.2. The smallest absolute Gasteiger partial charge is 0.303 e. The van der Waals surface area contributed by atoms with E-state index in [9.17, 15) is 9.59 Å². The first-order valence-electron chi connectivity index (χ1n) is 6.95. The lowest BCUT2D eigenvalue weighted by atomic mass is 9.93. The standard InChI is InChI=1S/C13H22N2O4/c16-12(10-14-5-7-19-8-6-14)15-3-1-11(2-4-15)9-13(17)18/h11H,1-10H2,(H,17,18). The summed E-state index contributed by atoms with van der Waals surface area (Å²) in [5.74, 6) is -0.348. The van der Waals surface area contributed by atoms with Gasteiger partial charge in [0.1, 0.15) is 0 Å². The third-order valence-corrected chi connectivity index (χ3v) is 3.89. The van der Waals surface area contributed by atoms with Crippen LogP contribution in [0.25, 0.3) is 0 Å². The van der Waals surface area contributed by atoms with E-state index in [1.807, 2.05) is 4.90 Å². The fraction of sp³-hybridized carbons (Fsp3) is 0.846. The van der Waals surface area contributed by atoms with Gasteiger partial charge in [-0.1, -0.05) is 0 Å². The molecule has 2 aliphatic heterocycles. The molecule has 0 bridgehead atoms. The summed E-state index contributed by atoms with van der Waals surface area (Å²) in [4.78, 5) is 26.8. The molecule has 0 aliphatic carbocycles. The quantitative estimate of drug-likeness (QED) is 0.780. The molecule has 0 radical (unpaired) electrons. The number of ether oxygens (including phenoxy) is 1. The molecule has 108 valence electrons. The van der Waals surface area contributed by atoms with Gasteiger partial charge in [0.2, 0.25) is 5.91 Å². The average Bonchev–Trinajstić information content (AvgIpc) is 2.40. The number of carboxylic acids is 1. The van der Waals surface area contributed by atoms with Crippen molar-refractivity contribution in [2.75, 3.05) is 45.9 Å². The molecule has 6 nitrogen and oxygen atoms in total. The van der Waals surface area contributed by atoms with Crippen LogP contribution in [-0.2, 0) is 14.3 Å². The van der Waals surface area contributed by atoms with Crippen molar-refractivity contribution in [3.63, 3.8) is 0 Å². The predicted molar refractivity (Wildman–Crippen MR) is 68.8 cm³/mol. The van der Waals surface area contributed by atoms with Crippen LogP contribution in [0.3, 0.4) is 0 Å². The second kappa shape index (κ2) is 6.86. The summed E-state index contributed by atoms with van der Waals surface area (Å²) < 4.78 is 5.26. The molecule has 2 saturated heterocycles. The molecule has 0 unspecified atom stereocenters. The summed E-state index contributed by atoms with van der Waals surface area (Å²) in [5, 5.41) is 8.76. The number of amides is 1. The second-order valence-electron chi connectivity index (χ2n) is 5.31. The highest BCUT2D eigenvalue weighted by atomic mass is 16.5. The van der Waals surface area contributed by atoms with E-state index in [0.717, 1.165) is 25.9 Å². The van der Waals surface area contributed by atoms with Crippen LogP contribution in [0, 0.1) is 5.92 Å². The first-order chi connectivity index (χ1) is 9.15. The maximum absolute atomic E-state index is 12.1. The number of rotatable bonds is 4. The second-order valence-corrected chi connectivity index (χ2v) is 5.31. The lowest BCUT2D eigenvalue weighted by molar-refractivity contribution is -0.139. The molecule has 0 atom stereocenters. The van der Waals surface area contributed by atoms with Gasteiger partial charge in [0.05, 0.1) is 19.8 Å². The van der Waals surface area contributed by atoms with Crippen molar-refractivity contribution in [1.29, 1.82) is 0 Å². The summed E-state index contributed by atoms with van der Waals surface area (Å²) in [6.45, 7) is 4.90. The largest absolute Gasteiger partial charge is 0.481 e. The average molecular weight is 270 g/mol. The highest BCUT2D eigenvalue weighted by Crippen LogP contribution is 2.20. The summed E-state index contributed by atoms with van der Waals surface area (Å²) in [6.07, 6.45) is 1.84. The number of aliphatic carboxylic acids is 1. The van der Waals surface area contributed by atoms with Crippen molar-refractivity contribution < 1.29 is 19.4 Å². The highest BCUT2D eigenvalue weighted by Gasteiger charge is 2.25. The number of hydrogen-bond donors (Lipinski definition) is 1. The molecule has 0 spiro atoms. The van der Waals surface area contributed by atoms with Gasteiger partial charge in [-0.2, -0.15) is 0 Å². The van der Waals surface area contributed by atoms with Gasteiger partial charge in [-0.25, -0.2) is 0 Å². The first-order valence-corrected chi connectivity index (χ1v) is 6.95. The zero-order valence-electron chi connectivity index (χ0n) is 11.2. The van der Waals surface area contributed by atoms with Gasteiger partial charge in [0, 0.05) is 32.6 Å². The first kappa shape index (κ1) is 14.3. The number of carbonyl (C=O) groups excluding carboxylic acids is 1. The molecule has 2 heterocycles. The van der Waals surface area contributed by atoms with Crippen molar-refractivity contribution in [2.45, 2.75) is 19.3 Å². The van der Waals surface area contributed by atoms with E-state index in [-0.39, 0.29) is 18.2 Å². The van der Waals surface area contributed by atoms with E-state index in [2.05, 4.69) is 4.90 Å². The molecule has 1 N–H and O–H groups in total. The van der Waals surface area contributed by atoms with E-state index >= 15 is 0 Å². The van der Waals surface area contributed by atoms with Crippen molar-refractivity contribution in [1.82, 2.24) is 9.80 Å². The normalized spacial score (nSPS) is 22.4. The number of hydrogen-bond acceptors (Lipinski definition) is 4. The number of likely N-dealkylation sites (tertiary alicyclic amines) is 1. The van der Waals surface area contributed by atoms with E-state index < -0.39 is 5.97 Å². The summed E-state index contributed by atoms with van der Waals surface area (Å²) >= 11 is 0. The highest BCUT2D eigenvalue weighted by molar-refractivity contribution is 5.78. The molecule has 2 rings (SSSR count). The van der Waals surface area contributed by atoms with Crippen LogP contribution in [0.2, 0.25) is 0 Å². The Morgan fingerprint density at radius 2 is 1.74 bits per heavy atom. The predicted octanol–water partition coefficient (Wildman–Crippen LogP) is 0.0319. The molecule has 1 amide bonds. The third-order valence-electron chi connectivity index (χ3n) is 3.89. The summed E-state index contributed by atoms with van der Waals surface area (Å²) in [5.41, 5.74) is 0. The fourth-order valence-electron chi connectivity index (χ4n) is 2.68. The van der Waals surface area contributed by atoms with E-state index in [0.29, 0.717) is 32.8 Å². The summed E-state index contributed by atoms with van der Waals surface area (Å²) in [7, 11) is 0. The molecule has 2 fully saturated rings. The Morgan fingerprint density at radius 1 is 1.11 bits per heavy atom. The zero-order chi connectivity index (χ0) is 13.7. The third kappa shape index (κ3) is 4.47. The lowest BCUT2D eigenvalue weighted by Crippen LogP contribution is -2.47. The van der Waals surface area contributed by atoms with E-state index in [4.69, 9.17) is 9.84 Å². The number of nitrogens with zero attached hydrogens (tertiary/aromatic N) is 2. The maximum atomic E-state index is 12.1. The van der Waals surface area contributed by atoms with Crippen LogP contribution >= 0.6 is 0 Å². The molecule has 2 aliphatic rings. The van der Waals surface area contributed by atoms with Crippen LogP contribution in [0.4, 0.5) is 0 Å². The van der Waals surface area contributed by atoms with Crippen molar-refractivity contribution in [3.05, 3.63) is 0 Å². The monoisotopic (exact) mass is 270 g/mol. The Balaban J connectivity index is 1.71. The molecular formula is C13H22N2O4. The molecule has 0 aromatic carbocycles. The Morgan fingerprint density at radius 3 is 2.32 bits per heavy atom. The Labute approximate surface area is 113 Å². The fourth-order valence-corrected chi connectivity index (χ4v) is 2.68. The number of morpholine rings is 1. The van der Waals surface area contributed by atoms with Gasteiger partial charge in [-0.3, -0.25) is 14.5 Å². The van der Waals surface area contributed by atoms with Gasteiger partial charge >= 0.3 is 5.97 Å². The SMILES string of the molecule is O=C(O)CC1CCN(C(=O)CN2CCOCC2)CC1. The molecule has 6 heteroatoms. The van der Waals surface area contributed by atoms with Gasteiger partial charge in [-0.15, -0.1) is 0 Å². The van der Waals surface area contributed by atoms with Crippen LogP contribution in [0.15, 0.2) is 0 Å². The Kier molecular flexibility index (Phi) is 5.15. The molecule has 0 aromatic rings. The van der Waals surface area contributed by atoms with E-state index in [1.54, 1.807) is 0 Å². The minimum atomic E-state index is -0.738. The van der Waals surface area contributed by atoms with Crippen molar-refractivity contribution in [3.8, 4) is 0 Å². The van der Waals surface area contributed by atoms with Crippen molar-refractivity contribution in [2.24, 2.45) is 5.92 Å². The van der Waals surface area contributed by atoms with Crippen molar-refractivity contribution >= 4 is 11.9 Å². The maximum Gasteiger partial charge on any atom is 0.303 e. The molecule has 0 aromatic heterocycles. The number of piperidine rings is 1. The van der Waals surface area contributed by atoms with Crippen LogP contribution in [0.5, 0.6) is 0 Å². The minimum Gasteiger partial charge on any atom is -0.481 e. The van der Waals surface area contributed by atoms with Crippen LogP contribution < -0.4 is 0 Å². The lowest BCUT2D eigenvalue weighted by Gasteiger charge is -2.34. The topological polar surface area (TPSA) is 70.1 Å². The minimum absolute atomic E-state index is 0.163. The van der Waals surface area contributed by atoms with Crippen LogP contribution in [0.1, 0.15) is 19.3 Å². The van der Waals surface area contributed by atoms with Gasteiger partial charge in [-0.05, 0) is 18.8 Å². The number of carbonyl (C=O) groups is 2. The number of carboxylic acid groups (broad SMARTS) is 1. The van der Waals surface area contributed by atoms with Gasteiger partial charge in [0.15, 0.2) is 0 Å². The van der Waals surface area contributed by atoms with Gasteiger partial charge < -0.3 is 14.7 Å². The van der Waals surface area contributed by atoms with Gasteiger partial charge in [0.25, 0.3) is 0 Å². The van der Waals surface area contributed by atoms with Crippen LogP contribution in [-0.4, -0.2) is 72.7 Å². The molecule has 0 saturated carbocycles. The molecular weight excluding hydrogens is 248 g/mol. The molecule has 19 heavy (non-hydrogen) atoms. The summed E-state index contributed by atoms with van der Waals surface area (Å²) in [6, 6.07) is 0. The Bertz CT molecular complexity index is 321.